The van der Waals surface area contributed by atoms with E-state index in [0.717, 1.165) is 47.3 Å². The Morgan fingerprint density at radius 3 is 2.54 bits per heavy atom. The minimum Gasteiger partial charge on any atom is -0.316 e. The van der Waals surface area contributed by atoms with Crippen molar-refractivity contribution in [3.05, 3.63) is 91.9 Å². The number of rotatable bonds is 6. The molecule has 3 aromatic heterocycles. The predicted molar refractivity (Wildman–Crippen MR) is 160 cm³/mol. The fourth-order valence-corrected chi connectivity index (χ4v) is 8.22. The number of carbonyl (C=O) groups is 1. The molecule has 2 aromatic carbocycles. The van der Waals surface area contributed by atoms with Crippen LogP contribution in [-0.4, -0.2) is 21.2 Å². The first-order chi connectivity index (χ1) is 19.0. The first kappa shape index (κ1) is 25.6. The number of fused-ring (bicyclic) bond motifs is 2. The van der Waals surface area contributed by atoms with Gasteiger partial charge >= 0.3 is 0 Å². The number of carbonyl (C=O) groups excluding carboxylic acids is 1. The highest BCUT2D eigenvalue weighted by molar-refractivity contribution is 7.99. The second kappa shape index (κ2) is 10.8. The van der Waals surface area contributed by atoms with E-state index in [2.05, 4.69) is 11.4 Å². The average Bonchev–Trinajstić information content (AvgIpc) is 3.48. The SMILES string of the molecule is Cc1sc2nc(SCC(=O)Nc3sc4c(c3C#N)CCCC4)n(-c3ccccc3)c(=O)c2c1-c1ccccc1. The van der Waals surface area contributed by atoms with Gasteiger partial charge in [0.1, 0.15) is 15.9 Å². The lowest BCUT2D eigenvalue weighted by Crippen LogP contribution is -2.22. The second-order valence-corrected chi connectivity index (χ2v) is 12.6. The van der Waals surface area contributed by atoms with Crippen LogP contribution in [0.3, 0.4) is 0 Å². The molecule has 1 N–H and O–H groups in total. The Morgan fingerprint density at radius 2 is 1.79 bits per heavy atom. The van der Waals surface area contributed by atoms with E-state index in [-0.39, 0.29) is 17.2 Å². The molecule has 1 aliphatic rings. The molecule has 6 rings (SSSR count). The number of thioether (sulfide) groups is 1. The number of aryl methyl sites for hydroxylation is 2. The van der Waals surface area contributed by atoms with Crippen LogP contribution < -0.4 is 10.9 Å². The summed E-state index contributed by atoms with van der Waals surface area (Å²) >= 11 is 4.23. The molecule has 0 radical (unpaired) electrons. The zero-order chi connectivity index (χ0) is 26.9. The van der Waals surface area contributed by atoms with Gasteiger partial charge in [0.2, 0.25) is 5.91 Å². The quantitative estimate of drug-likeness (QED) is 0.177. The number of nitrogens with one attached hydrogen (secondary N) is 1. The monoisotopic (exact) mass is 568 g/mol. The number of para-hydroxylation sites is 1. The number of nitriles is 1. The third kappa shape index (κ3) is 4.80. The van der Waals surface area contributed by atoms with Crippen LogP contribution in [0, 0.1) is 18.3 Å². The van der Waals surface area contributed by atoms with Crippen molar-refractivity contribution in [3.8, 4) is 22.9 Å². The van der Waals surface area contributed by atoms with Gasteiger partial charge in [0, 0.05) is 15.3 Å². The molecule has 1 aliphatic carbocycles. The van der Waals surface area contributed by atoms with Gasteiger partial charge in [-0.15, -0.1) is 22.7 Å². The summed E-state index contributed by atoms with van der Waals surface area (Å²) in [6.07, 6.45) is 4.03. The maximum Gasteiger partial charge on any atom is 0.268 e. The molecule has 0 atom stereocenters. The van der Waals surface area contributed by atoms with Gasteiger partial charge in [-0.1, -0.05) is 60.3 Å². The molecule has 194 valence electrons. The topological polar surface area (TPSA) is 87.8 Å². The van der Waals surface area contributed by atoms with Crippen LogP contribution in [0.5, 0.6) is 0 Å². The Balaban J connectivity index is 1.36. The van der Waals surface area contributed by atoms with Gasteiger partial charge in [0.05, 0.1) is 22.4 Å². The van der Waals surface area contributed by atoms with Crippen LogP contribution in [0.2, 0.25) is 0 Å². The minimum atomic E-state index is -0.226. The highest BCUT2D eigenvalue weighted by Crippen LogP contribution is 2.39. The highest BCUT2D eigenvalue weighted by Gasteiger charge is 2.24. The molecular formula is C30H24N4O2S3. The Bertz CT molecular complexity index is 1800. The largest absolute Gasteiger partial charge is 0.316 e. The fraction of sp³-hybridized carbons (Fsp3) is 0.200. The Kier molecular flexibility index (Phi) is 7.09. The molecule has 3 heterocycles. The Morgan fingerprint density at radius 1 is 1.08 bits per heavy atom. The lowest BCUT2D eigenvalue weighted by Gasteiger charge is -2.12. The van der Waals surface area contributed by atoms with E-state index in [4.69, 9.17) is 4.98 Å². The van der Waals surface area contributed by atoms with E-state index in [9.17, 15) is 14.9 Å². The van der Waals surface area contributed by atoms with Crippen LogP contribution in [0.15, 0.2) is 70.6 Å². The lowest BCUT2D eigenvalue weighted by atomic mass is 9.96. The van der Waals surface area contributed by atoms with Crippen molar-refractivity contribution >= 4 is 55.6 Å². The van der Waals surface area contributed by atoms with Crippen molar-refractivity contribution in [1.82, 2.24) is 9.55 Å². The first-order valence-electron chi connectivity index (χ1n) is 12.7. The summed E-state index contributed by atoms with van der Waals surface area (Å²) in [7, 11) is 0. The molecule has 0 aliphatic heterocycles. The van der Waals surface area contributed by atoms with Gasteiger partial charge in [-0.25, -0.2) is 4.98 Å². The van der Waals surface area contributed by atoms with Crippen molar-refractivity contribution in [2.75, 3.05) is 11.1 Å². The molecule has 0 spiro atoms. The van der Waals surface area contributed by atoms with Crippen LogP contribution in [0.25, 0.3) is 27.0 Å². The molecule has 5 aromatic rings. The average molecular weight is 569 g/mol. The molecule has 0 unspecified atom stereocenters. The predicted octanol–water partition coefficient (Wildman–Crippen LogP) is 6.97. The Labute approximate surface area is 238 Å². The van der Waals surface area contributed by atoms with Crippen molar-refractivity contribution in [1.29, 1.82) is 5.26 Å². The molecule has 0 saturated carbocycles. The summed E-state index contributed by atoms with van der Waals surface area (Å²) in [6, 6.07) is 21.6. The van der Waals surface area contributed by atoms with Gasteiger partial charge in [-0.05, 0) is 55.9 Å². The van der Waals surface area contributed by atoms with Crippen LogP contribution in [-0.2, 0) is 17.6 Å². The Hall–Kier alpha value is -3.71. The number of hydrogen-bond acceptors (Lipinski definition) is 7. The minimum absolute atomic E-state index is 0.0636. The number of benzene rings is 2. The van der Waals surface area contributed by atoms with Gasteiger partial charge in [-0.3, -0.25) is 14.2 Å². The number of thiophene rings is 2. The van der Waals surface area contributed by atoms with Crippen molar-refractivity contribution in [3.63, 3.8) is 0 Å². The van der Waals surface area contributed by atoms with Crippen LogP contribution in [0.1, 0.15) is 33.7 Å². The number of anilines is 1. The molecule has 9 heteroatoms. The molecule has 6 nitrogen and oxygen atoms in total. The number of nitrogens with zero attached hydrogens (tertiary/aromatic N) is 3. The fourth-order valence-electron chi connectivity index (χ4n) is 5.06. The standard InChI is InChI=1S/C30H24N4O2S3/c1-18-25(19-10-4-2-5-11-19)26-28(38-18)33-30(34(29(26)36)20-12-6-3-7-13-20)37-17-24(35)32-27-22(16-31)21-14-8-9-15-23(21)39-27/h2-7,10-13H,8-9,14-15,17H2,1H3,(H,32,35). The highest BCUT2D eigenvalue weighted by atomic mass is 32.2. The van der Waals surface area contributed by atoms with Crippen molar-refractivity contribution in [2.24, 2.45) is 0 Å². The van der Waals surface area contributed by atoms with E-state index in [1.807, 2.05) is 67.6 Å². The van der Waals surface area contributed by atoms with Gasteiger partial charge < -0.3 is 5.32 Å². The summed E-state index contributed by atoms with van der Waals surface area (Å²) < 4.78 is 1.60. The number of aromatic nitrogens is 2. The molecule has 1 amide bonds. The maximum atomic E-state index is 14.1. The zero-order valence-corrected chi connectivity index (χ0v) is 23.6. The van der Waals surface area contributed by atoms with Gasteiger partial charge in [0.25, 0.3) is 5.56 Å². The molecule has 0 saturated heterocycles. The molecule has 0 bridgehead atoms. The lowest BCUT2D eigenvalue weighted by molar-refractivity contribution is -0.113. The summed E-state index contributed by atoms with van der Waals surface area (Å²) in [6.45, 7) is 2.01. The molecule has 39 heavy (non-hydrogen) atoms. The normalized spacial score (nSPS) is 12.7. The van der Waals surface area contributed by atoms with Gasteiger partial charge in [-0.2, -0.15) is 5.26 Å². The smallest absolute Gasteiger partial charge is 0.268 e. The number of hydrogen-bond donors (Lipinski definition) is 1. The van der Waals surface area contributed by atoms with E-state index in [1.165, 1.54) is 39.3 Å². The summed E-state index contributed by atoms with van der Waals surface area (Å²) in [5.41, 5.74) is 4.10. The third-order valence-electron chi connectivity index (χ3n) is 6.82. The van der Waals surface area contributed by atoms with Crippen molar-refractivity contribution in [2.45, 2.75) is 37.8 Å². The molecule has 0 fully saturated rings. The first-order valence-corrected chi connectivity index (χ1v) is 15.3. The maximum absolute atomic E-state index is 14.1. The number of amides is 1. The summed E-state index contributed by atoms with van der Waals surface area (Å²) in [5.74, 6) is -0.162. The van der Waals surface area contributed by atoms with E-state index >= 15 is 0 Å². The van der Waals surface area contributed by atoms with E-state index < -0.39 is 0 Å². The van der Waals surface area contributed by atoms with Crippen LogP contribution in [0.4, 0.5) is 5.00 Å². The summed E-state index contributed by atoms with van der Waals surface area (Å²) in [4.78, 5) is 34.9. The zero-order valence-electron chi connectivity index (χ0n) is 21.2. The van der Waals surface area contributed by atoms with Gasteiger partial charge in [0.15, 0.2) is 5.16 Å². The van der Waals surface area contributed by atoms with E-state index in [1.54, 1.807) is 4.57 Å². The molecular weight excluding hydrogens is 545 g/mol. The second-order valence-electron chi connectivity index (χ2n) is 9.31. The summed E-state index contributed by atoms with van der Waals surface area (Å²) in [5, 5.41) is 14.4. The third-order valence-corrected chi connectivity index (χ3v) is 9.96. The van der Waals surface area contributed by atoms with Crippen LogP contribution >= 0.6 is 34.4 Å². The van der Waals surface area contributed by atoms with Crippen molar-refractivity contribution < 1.29 is 4.79 Å². The van der Waals surface area contributed by atoms with E-state index in [0.29, 0.717) is 31.6 Å².